The normalized spacial score (nSPS) is 15.7. The number of halogens is 1. The van der Waals surface area contributed by atoms with Gasteiger partial charge in [0.15, 0.2) is 0 Å². The van der Waals surface area contributed by atoms with E-state index in [1.54, 1.807) is 35.5 Å². The molecule has 0 aliphatic carbocycles. The summed E-state index contributed by atoms with van der Waals surface area (Å²) in [5, 5.41) is 2.65. The van der Waals surface area contributed by atoms with Gasteiger partial charge >= 0.3 is 0 Å². The Morgan fingerprint density at radius 3 is 2.50 bits per heavy atom. The van der Waals surface area contributed by atoms with E-state index in [9.17, 15) is 13.2 Å². The molecule has 36 heavy (non-hydrogen) atoms. The van der Waals surface area contributed by atoms with Crippen molar-refractivity contribution < 1.29 is 22.7 Å². The summed E-state index contributed by atoms with van der Waals surface area (Å²) < 4.78 is 38.6. The van der Waals surface area contributed by atoms with E-state index in [1.807, 2.05) is 35.7 Å². The topological polar surface area (TPSA) is 76.2 Å². The van der Waals surface area contributed by atoms with E-state index in [2.05, 4.69) is 0 Å². The Labute approximate surface area is 221 Å². The number of hydrogen-bond donors (Lipinski definition) is 0. The number of rotatable bonds is 10. The zero-order chi connectivity index (χ0) is 25.7. The smallest absolute Gasteiger partial charge is 0.243 e. The van der Waals surface area contributed by atoms with Gasteiger partial charge in [0.05, 0.1) is 24.6 Å². The molecule has 1 aromatic heterocycles. The summed E-state index contributed by atoms with van der Waals surface area (Å²) in [4.78, 5) is 16.9. The predicted octanol–water partition coefficient (Wildman–Crippen LogP) is 4.61. The van der Waals surface area contributed by atoms with Gasteiger partial charge in [-0.2, -0.15) is 4.31 Å². The molecule has 0 bridgehead atoms. The number of carbonyl (C=O) groups is 1. The Morgan fingerprint density at radius 2 is 1.83 bits per heavy atom. The van der Waals surface area contributed by atoms with Crippen LogP contribution in [0.3, 0.4) is 0 Å². The van der Waals surface area contributed by atoms with E-state index in [1.165, 1.54) is 28.4 Å². The molecule has 1 unspecified atom stereocenters. The number of nitrogens with zero attached hydrogens (tertiary/aromatic N) is 2. The molecule has 1 aliphatic rings. The van der Waals surface area contributed by atoms with Crippen LogP contribution in [0.5, 0.6) is 5.75 Å². The number of fused-ring (bicyclic) bond motifs is 1. The average molecular weight is 549 g/mol. The van der Waals surface area contributed by atoms with E-state index in [0.717, 1.165) is 17.5 Å². The maximum Gasteiger partial charge on any atom is 0.243 e. The number of sulfonamides is 1. The van der Waals surface area contributed by atoms with Crippen molar-refractivity contribution >= 4 is 38.9 Å². The Hall–Kier alpha value is -2.43. The highest BCUT2D eigenvalue weighted by atomic mass is 35.5. The molecule has 0 saturated carbocycles. The van der Waals surface area contributed by atoms with E-state index < -0.39 is 10.0 Å². The van der Waals surface area contributed by atoms with Gasteiger partial charge in [-0.1, -0.05) is 23.7 Å². The zero-order valence-corrected chi connectivity index (χ0v) is 22.6. The molecule has 3 aromatic rings. The molecular weight excluding hydrogens is 520 g/mol. The summed E-state index contributed by atoms with van der Waals surface area (Å²) in [5.74, 6) is 0.308. The SMILES string of the molecule is COCCCN(CC(=O)N1CCc2sccc2C1c1ccc(Cl)cc1)S(=O)(=O)c1ccc(OC)cc1. The standard InChI is InChI=1S/C26H29ClN2O5S2/c1-33-16-3-14-28(36(31,32)22-10-8-21(34-2)9-11-22)18-25(30)29-15-12-24-23(13-17-35-24)26(29)19-4-6-20(27)7-5-19/h4-11,13,17,26H,3,12,14-16,18H2,1-2H3. The van der Waals surface area contributed by atoms with E-state index in [0.29, 0.717) is 30.3 Å². The highest BCUT2D eigenvalue weighted by Crippen LogP contribution is 2.38. The Balaban J connectivity index is 1.63. The number of carbonyl (C=O) groups excluding carboxylic acids is 1. The van der Waals surface area contributed by atoms with Gasteiger partial charge in [-0.15, -0.1) is 11.3 Å². The minimum atomic E-state index is -3.92. The molecule has 0 saturated heterocycles. The first-order valence-corrected chi connectivity index (χ1v) is 14.3. The van der Waals surface area contributed by atoms with Gasteiger partial charge in [0.1, 0.15) is 5.75 Å². The summed E-state index contributed by atoms with van der Waals surface area (Å²) in [5.41, 5.74) is 2.02. The molecule has 1 amide bonds. The van der Waals surface area contributed by atoms with Crippen LogP contribution in [0.25, 0.3) is 0 Å². The third kappa shape index (κ3) is 5.76. The van der Waals surface area contributed by atoms with Crippen LogP contribution in [0.4, 0.5) is 0 Å². The van der Waals surface area contributed by atoms with Gasteiger partial charge < -0.3 is 14.4 Å². The maximum atomic E-state index is 13.7. The lowest BCUT2D eigenvalue weighted by Gasteiger charge is -2.37. The molecule has 0 spiro atoms. The van der Waals surface area contributed by atoms with Crippen LogP contribution in [0.2, 0.25) is 5.02 Å². The number of ether oxygens (including phenoxy) is 2. The van der Waals surface area contributed by atoms with Gasteiger partial charge in [0.2, 0.25) is 15.9 Å². The summed E-state index contributed by atoms with van der Waals surface area (Å²) in [7, 11) is -0.831. The largest absolute Gasteiger partial charge is 0.497 e. The monoisotopic (exact) mass is 548 g/mol. The molecule has 7 nitrogen and oxygen atoms in total. The molecule has 0 N–H and O–H groups in total. The maximum absolute atomic E-state index is 13.7. The van der Waals surface area contributed by atoms with Crippen molar-refractivity contribution in [2.24, 2.45) is 0 Å². The van der Waals surface area contributed by atoms with Gasteiger partial charge in [0, 0.05) is 36.7 Å². The van der Waals surface area contributed by atoms with Crippen molar-refractivity contribution in [3.8, 4) is 5.75 Å². The third-order valence-corrected chi connectivity index (χ3v) is 9.34. The summed E-state index contributed by atoms with van der Waals surface area (Å²) in [6.45, 7) is 0.797. The van der Waals surface area contributed by atoms with Crippen LogP contribution in [0.1, 0.15) is 28.5 Å². The lowest BCUT2D eigenvalue weighted by Crippen LogP contribution is -2.47. The highest BCUT2D eigenvalue weighted by Gasteiger charge is 2.35. The lowest BCUT2D eigenvalue weighted by molar-refractivity contribution is -0.133. The number of hydrogen-bond acceptors (Lipinski definition) is 6. The van der Waals surface area contributed by atoms with E-state index in [-0.39, 0.29) is 29.9 Å². The lowest BCUT2D eigenvalue weighted by atomic mass is 9.93. The van der Waals surface area contributed by atoms with Gasteiger partial charge in [-0.05, 0) is 71.8 Å². The molecule has 4 rings (SSSR count). The van der Waals surface area contributed by atoms with Crippen LogP contribution in [-0.2, 0) is 26.0 Å². The van der Waals surface area contributed by atoms with Gasteiger partial charge in [0.25, 0.3) is 0 Å². The second kappa shape index (κ2) is 11.7. The molecule has 0 radical (unpaired) electrons. The van der Waals surface area contributed by atoms with E-state index >= 15 is 0 Å². The molecule has 10 heteroatoms. The Kier molecular flexibility index (Phi) is 8.69. The van der Waals surface area contributed by atoms with Crippen molar-refractivity contribution in [1.82, 2.24) is 9.21 Å². The first kappa shape index (κ1) is 26.6. The zero-order valence-electron chi connectivity index (χ0n) is 20.2. The van der Waals surface area contributed by atoms with E-state index in [4.69, 9.17) is 21.1 Å². The van der Waals surface area contributed by atoms with Crippen LogP contribution in [-0.4, -0.2) is 64.0 Å². The molecule has 0 fully saturated rings. The van der Waals surface area contributed by atoms with Gasteiger partial charge in [-0.3, -0.25) is 4.79 Å². The summed E-state index contributed by atoms with van der Waals surface area (Å²) in [6.07, 6.45) is 1.20. The van der Waals surface area contributed by atoms with Crippen molar-refractivity contribution in [2.75, 3.05) is 40.5 Å². The fourth-order valence-corrected chi connectivity index (χ4v) is 6.86. The van der Waals surface area contributed by atoms with Crippen molar-refractivity contribution in [3.63, 3.8) is 0 Å². The molecule has 1 atom stereocenters. The van der Waals surface area contributed by atoms with Crippen LogP contribution >= 0.6 is 22.9 Å². The number of amides is 1. The third-order valence-electron chi connectivity index (χ3n) is 6.24. The molecular formula is C26H29ClN2O5S2. The molecule has 2 aromatic carbocycles. The summed E-state index contributed by atoms with van der Waals surface area (Å²) in [6, 6.07) is 15.4. The van der Waals surface area contributed by atoms with Crippen molar-refractivity contribution in [2.45, 2.75) is 23.8 Å². The minimum Gasteiger partial charge on any atom is -0.497 e. The van der Waals surface area contributed by atoms with Crippen LogP contribution < -0.4 is 4.74 Å². The van der Waals surface area contributed by atoms with Gasteiger partial charge in [-0.25, -0.2) is 8.42 Å². The Morgan fingerprint density at radius 1 is 1.11 bits per heavy atom. The number of thiophene rings is 1. The first-order chi connectivity index (χ1) is 17.3. The minimum absolute atomic E-state index is 0.113. The first-order valence-electron chi connectivity index (χ1n) is 11.6. The van der Waals surface area contributed by atoms with Crippen LogP contribution in [0, 0.1) is 0 Å². The molecule has 1 aliphatic heterocycles. The quantitative estimate of drug-likeness (QED) is 0.346. The number of benzene rings is 2. The molecule has 192 valence electrons. The second-order valence-corrected chi connectivity index (χ2v) is 11.8. The summed E-state index contributed by atoms with van der Waals surface area (Å²) >= 11 is 7.79. The van der Waals surface area contributed by atoms with Crippen LogP contribution in [0.15, 0.2) is 64.9 Å². The fourth-order valence-electron chi connectivity index (χ4n) is 4.40. The highest BCUT2D eigenvalue weighted by molar-refractivity contribution is 7.89. The average Bonchev–Trinajstić information content (AvgIpc) is 3.37. The number of methoxy groups -OCH3 is 2. The fraction of sp³-hybridized carbons (Fsp3) is 0.346. The van der Waals surface area contributed by atoms with Crippen molar-refractivity contribution in [1.29, 1.82) is 0 Å². The Bertz CT molecular complexity index is 1280. The van der Waals surface area contributed by atoms with Crippen molar-refractivity contribution in [3.05, 3.63) is 81.0 Å². The second-order valence-electron chi connectivity index (χ2n) is 8.45. The predicted molar refractivity (Wildman–Crippen MR) is 141 cm³/mol. The molecule has 2 heterocycles.